The van der Waals surface area contributed by atoms with E-state index < -0.39 is 0 Å². The minimum absolute atomic E-state index is 1.11. The molecule has 0 unspecified atom stereocenters. The van der Waals surface area contributed by atoms with E-state index in [0.717, 1.165) is 17.1 Å². The molecule has 10 aromatic rings. The van der Waals surface area contributed by atoms with Crippen LogP contribution in [-0.4, -0.2) is 0 Å². The van der Waals surface area contributed by atoms with Crippen molar-refractivity contribution in [3.8, 4) is 33.4 Å². The van der Waals surface area contributed by atoms with Crippen molar-refractivity contribution in [1.82, 2.24) is 0 Å². The molecular weight excluding hydrogens is 647 g/mol. The van der Waals surface area contributed by atoms with Gasteiger partial charge >= 0.3 is 0 Å². The van der Waals surface area contributed by atoms with Gasteiger partial charge in [-0.15, -0.1) is 11.3 Å². The Labute approximate surface area is 307 Å². The Morgan fingerprint density at radius 2 is 0.865 bits per heavy atom. The summed E-state index contributed by atoms with van der Waals surface area (Å²) < 4.78 is 2.63. The minimum Gasteiger partial charge on any atom is -0.309 e. The second-order valence-corrected chi connectivity index (χ2v) is 14.4. The van der Waals surface area contributed by atoms with Crippen molar-refractivity contribution in [3.05, 3.63) is 200 Å². The number of anilines is 3. The third-order valence-electron chi connectivity index (χ3n) is 10.3. The van der Waals surface area contributed by atoms with Gasteiger partial charge in [0.25, 0.3) is 0 Å². The number of hydrogen-bond donors (Lipinski definition) is 0. The highest BCUT2D eigenvalue weighted by atomic mass is 32.1. The second-order valence-electron chi connectivity index (χ2n) is 13.3. The molecule has 244 valence electrons. The Hall–Kier alpha value is -6.48. The van der Waals surface area contributed by atoms with Crippen molar-refractivity contribution in [2.45, 2.75) is 0 Å². The van der Waals surface area contributed by atoms with Crippen LogP contribution in [0.15, 0.2) is 200 Å². The summed E-state index contributed by atoms with van der Waals surface area (Å²) in [7, 11) is 0. The van der Waals surface area contributed by atoms with Crippen LogP contribution in [0.25, 0.3) is 75.1 Å². The Morgan fingerprint density at radius 3 is 1.73 bits per heavy atom. The fourth-order valence-corrected chi connectivity index (χ4v) is 8.91. The normalized spacial score (nSPS) is 11.5. The molecule has 1 aromatic heterocycles. The molecule has 0 saturated heterocycles. The third-order valence-corrected chi connectivity index (χ3v) is 11.4. The highest BCUT2D eigenvalue weighted by Crippen LogP contribution is 2.45. The van der Waals surface area contributed by atoms with Crippen molar-refractivity contribution >= 4 is 70.1 Å². The first-order valence-corrected chi connectivity index (χ1v) is 18.6. The predicted molar refractivity (Wildman–Crippen MR) is 225 cm³/mol. The molecule has 0 aliphatic carbocycles. The summed E-state index contributed by atoms with van der Waals surface area (Å²) in [5, 5.41) is 7.60. The van der Waals surface area contributed by atoms with Crippen molar-refractivity contribution < 1.29 is 0 Å². The summed E-state index contributed by atoms with van der Waals surface area (Å²) in [5.74, 6) is 0. The molecular formula is C50H33NS. The number of thiophene rings is 1. The average molecular weight is 680 g/mol. The van der Waals surface area contributed by atoms with Crippen molar-refractivity contribution in [2.75, 3.05) is 4.90 Å². The number of hydrogen-bond acceptors (Lipinski definition) is 2. The monoisotopic (exact) mass is 679 g/mol. The van der Waals surface area contributed by atoms with Crippen LogP contribution in [0.5, 0.6) is 0 Å². The fraction of sp³-hybridized carbons (Fsp3) is 0. The van der Waals surface area contributed by atoms with Gasteiger partial charge in [-0.3, -0.25) is 0 Å². The third kappa shape index (κ3) is 5.24. The molecule has 0 amide bonds. The molecule has 52 heavy (non-hydrogen) atoms. The SMILES string of the molecule is c1cc(-c2ccc(N(c3ccccc3-c3ccc4c(c3)sc3ccccc34)c3cccc4ccccc34)cc2)cc(-c2cccc3ccccc23)c1. The zero-order valence-electron chi connectivity index (χ0n) is 28.4. The number of nitrogens with zero attached hydrogens (tertiary/aromatic N) is 1. The van der Waals surface area contributed by atoms with E-state index in [0.29, 0.717) is 0 Å². The summed E-state index contributed by atoms with van der Waals surface area (Å²) >= 11 is 1.87. The quantitative estimate of drug-likeness (QED) is 0.169. The van der Waals surface area contributed by atoms with E-state index in [4.69, 9.17) is 0 Å². The van der Waals surface area contributed by atoms with Crippen LogP contribution in [0.2, 0.25) is 0 Å². The van der Waals surface area contributed by atoms with Crippen molar-refractivity contribution in [3.63, 3.8) is 0 Å². The predicted octanol–water partition coefficient (Wildman–Crippen LogP) is 14.8. The van der Waals surface area contributed by atoms with E-state index in [-0.39, 0.29) is 0 Å². The number of para-hydroxylation sites is 1. The van der Waals surface area contributed by atoms with Gasteiger partial charge in [0.05, 0.1) is 11.4 Å². The van der Waals surface area contributed by atoms with Gasteiger partial charge in [-0.05, 0) is 86.4 Å². The van der Waals surface area contributed by atoms with E-state index in [1.807, 2.05) is 11.3 Å². The summed E-state index contributed by atoms with van der Waals surface area (Å²) in [6, 6.07) is 73.0. The lowest BCUT2D eigenvalue weighted by atomic mass is 9.95. The number of rotatable bonds is 6. The highest BCUT2D eigenvalue weighted by molar-refractivity contribution is 7.25. The smallest absolute Gasteiger partial charge is 0.0540 e. The molecule has 0 atom stereocenters. The average Bonchev–Trinajstić information content (AvgIpc) is 3.59. The Balaban J connectivity index is 1.10. The first-order valence-electron chi connectivity index (χ1n) is 17.8. The molecule has 0 radical (unpaired) electrons. The van der Waals surface area contributed by atoms with E-state index in [9.17, 15) is 0 Å². The zero-order chi connectivity index (χ0) is 34.4. The molecule has 2 heteroatoms. The van der Waals surface area contributed by atoms with E-state index in [1.165, 1.54) is 75.1 Å². The Kier molecular flexibility index (Phi) is 7.41. The molecule has 0 saturated carbocycles. The van der Waals surface area contributed by atoms with Gasteiger partial charge in [-0.25, -0.2) is 0 Å². The van der Waals surface area contributed by atoms with Crippen LogP contribution in [0.4, 0.5) is 17.1 Å². The second kappa shape index (κ2) is 12.7. The van der Waals surface area contributed by atoms with Gasteiger partial charge in [0.2, 0.25) is 0 Å². The molecule has 0 spiro atoms. The topological polar surface area (TPSA) is 3.24 Å². The van der Waals surface area contributed by atoms with Gasteiger partial charge in [-0.2, -0.15) is 0 Å². The van der Waals surface area contributed by atoms with Crippen LogP contribution in [0.1, 0.15) is 0 Å². The van der Waals surface area contributed by atoms with Gasteiger partial charge in [0.1, 0.15) is 0 Å². The molecule has 0 aliphatic rings. The Bertz CT molecular complexity index is 2910. The number of benzene rings is 9. The maximum Gasteiger partial charge on any atom is 0.0540 e. The van der Waals surface area contributed by atoms with E-state index in [2.05, 4.69) is 205 Å². The van der Waals surface area contributed by atoms with Gasteiger partial charge < -0.3 is 4.90 Å². The summed E-state index contributed by atoms with van der Waals surface area (Å²) in [4.78, 5) is 2.43. The van der Waals surface area contributed by atoms with Gasteiger partial charge in [-0.1, -0.05) is 158 Å². The first-order chi connectivity index (χ1) is 25.8. The van der Waals surface area contributed by atoms with Crippen LogP contribution in [0.3, 0.4) is 0 Å². The summed E-state index contributed by atoms with van der Waals surface area (Å²) in [6.45, 7) is 0. The van der Waals surface area contributed by atoms with Crippen LogP contribution in [0, 0.1) is 0 Å². The van der Waals surface area contributed by atoms with Gasteiger partial charge in [0.15, 0.2) is 0 Å². The molecule has 1 heterocycles. The molecule has 0 aliphatic heterocycles. The standard InChI is InChI=1S/C50H33NS/c1-3-18-41-35(12-1)14-10-22-42(41)38-17-9-16-37(32-38)34-26-29-40(30-27-34)51(48-24-11-15-36-13-2-4-19-43(36)48)47-23-7-5-20-44(47)39-28-31-46-45-21-6-8-25-49(45)52-50(46)33-39/h1-33H. The lowest BCUT2D eigenvalue weighted by molar-refractivity contribution is 1.30. The maximum absolute atomic E-state index is 2.43. The van der Waals surface area contributed by atoms with E-state index >= 15 is 0 Å². The molecule has 0 fully saturated rings. The van der Waals surface area contributed by atoms with Crippen molar-refractivity contribution in [1.29, 1.82) is 0 Å². The summed E-state index contributed by atoms with van der Waals surface area (Å²) in [6.07, 6.45) is 0. The van der Waals surface area contributed by atoms with Crippen molar-refractivity contribution in [2.24, 2.45) is 0 Å². The summed E-state index contributed by atoms with van der Waals surface area (Å²) in [5.41, 5.74) is 10.7. The van der Waals surface area contributed by atoms with Crippen LogP contribution < -0.4 is 4.90 Å². The Morgan fingerprint density at radius 1 is 0.308 bits per heavy atom. The minimum atomic E-state index is 1.11. The molecule has 10 rings (SSSR count). The van der Waals surface area contributed by atoms with Crippen LogP contribution >= 0.6 is 11.3 Å². The van der Waals surface area contributed by atoms with E-state index in [1.54, 1.807) is 0 Å². The first kappa shape index (κ1) is 30.4. The van der Waals surface area contributed by atoms with Gasteiger partial charge in [0, 0.05) is 36.8 Å². The molecule has 0 bridgehead atoms. The van der Waals surface area contributed by atoms with Crippen LogP contribution in [-0.2, 0) is 0 Å². The fourth-order valence-electron chi connectivity index (χ4n) is 7.76. The molecule has 0 N–H and O–H groups in total. The number of fused-ring (bicyclic) bond motifs is 5. The zero-order valence-corrected chi connectivity index (χ0v) is 29.2. The largest absolute Gasteiger partial charge is 0.309 e. The molecule has 9 aromatic carbocycles. The molecule has 1 nitrogen and oxygen atoms in total. The highest BCUT2D eigenvalue weighted by Gasteiger charge is 2.20. The lowest BCUT2D eigenvalue weighted by Gasteiger charge is -2.29. The lowest BCUT2D eigenvalue weighted by Crippen LogP contribution is -2.11. The maximum atomic E-state index is 2.43.